The molecule has 0 radical (unpaired) electrons. The van der Waals surface area contributed by atoms with Crippen molar-refractivity contribution in [1.29, 1.82) is 0 Å². The van der Waals surface area contributed by atoms with Crippen molar-refractivity contribution in [3.05, 3.63) is 53.3 Å². The Balaban J connectivity index is 1.64. The minimum Gasteiger partial charge on any atom is -0.335 e. The van der Waals surface area contributed by atoms with Crippen molar-refractivity contribution in [3.8, 4) is 11.4 Å². The number of pyridine rings is 1. The van der Waals surface area contributed by atoms with E-state index in [-0.39, 0.29) is 11.7 Å². The number of anilines is 1. The molecule has 0 aliphatic rings. The molecular formula is C16H15ClN6OS. The summed E-state index contributed by atoms with van der Waals surface area (Å²) in [5, 5.41) is 12.0. The van der Waals surface area contributed by atoms with Gasteiger partial charge in [0.25, 0.3) is 0 Å². The van der Waals surface area contributed by atoms with Crippen LogP contribution in [0.1, 0.15) is 5.56 Å². The number of nitrogen functional groups attached to an aromatic ring is 1. The van der Waals surface area contributed by atoms with Gasteiger partial charge >= 0.3 is 0 Å². The highest BCUT2D eigenvalue weighted by molar-refractivity contribution is 7.99. The molecule has 0 aliphatic carbocycles. The van der Waals surface area contributed by atoms with E-state index in [1.165, 1.54) is 16.4 Å². The van der Waals surface area contributed by atoms with E-state index < -0.39 is 0 Å². The lowest BCUT2D eigenvalue weighted by atomic mass is 10.2. The molecule has 0 atom stereocenters. The molecule has 3 aromatic rings. The quantitative estimate of drug-likeness (QED) is 0.526. The van der Waals surface area contributed by atoms with Gasteiger partial charge in [-0.25, -0.2) is 4.68 Å². The molecule has 3 rings (SSSR count). The van der Waals surface area contributed by atoms with E-state index >= 15 is 0 Å². The maximum Gasteiger partial charge on any atom is 0.234 e. The van der Waals surface area contributed by atoms with Gasteiger partial charge in [0.05, 0.1) is 5.75 Å². The molecule has 1 amide bonds. The number of nitrogens with two attached hydrogens (primary N) is 1. The van der Waals surface area contributed by atoms with Crippen molar-refractivity contribution in [2.45, 2.75) is 12.1 Å². The molecule has 0 spiro atoms. The largest absolute Gasteiger partial charge is 0.335 e. The summed E-state index contributed by atoms with van der Waals surface area (Å²) in [7, 11) is 0. The van der Waals surface area contributed by atoms with E-state index in [0.717, 1.165) is 16.8 Å². The topological polar surface area (TPSA) is 98.7 Å². The van der Waals surface area contributed by atoms with Crippen LogP contribution < -0.4 is 11.2 Å². The van der Waals surface area contributed by atoms with Gasteiger partial charge in [0.15, 0.2) is 5.82 Å². The molecule has 2 heterocycles. The molecule has 0 saturated carbocycles. The number of thioether (sulfide) groups is 1. The molecule has 25 heavy (non-hydrogen) atoms. The average molecular weight is 375 g/mol. The van der Waals surface area contributed by atoms with E-state index in [1.54, 1.807) is 36.7 Å². The predicted octanol–water partition coefficient (Wildman–Crippen LogP) is 2.75. The second-order valence-electron chi connectivity index (χ2n) is 5.21. The number of nitrogens with one attached hydrogen (secondary N) is 1. The van der Waals surface area contributed by atoms with E-state index in [0.29, 0.717) is 16.0 Å². The normalized spacial score (nSPS) is 10.6. The van der Waals surface area contributed by atoms with Crippen LogP contribution in [0.5, 0.6) is 0 Å². The smallest absolute Gasteiger partial charge is 0.234 e. The first-order chi connectivity index (χ1) is 12.0. The van der Waals surface area contributed by atoms with Gasteiger partial charge in [0.1, 0.15) is 0 Å². The zero-order chi connectivity index (χ0) is 17.8. The summed E-state index contributed by atoms with van der Waals surface area (Å²) < 4.78 is 1.35. The molecule has 7 nitrogen and oxygen atoms in total. The Bertz CT molecular complexity index is 899. The van der Waals surface area contributed by atoms with Crippen LogP contribution in [0.3, 0.4) is 0 Å². The number of carbonyl (C=O) groups excluding carboxylic acids is 1. The van der Waals surface area contributed by atoms with E-state index in [1.807, 2.05) is 13.0 Å². The Morgan fingerprint density at radius 3 is 2.92 bits per heavy atom. The third-order valence-electron chi connectivity index (χ3n) is 3.38. The fourth-order valence-corrected chi connectivity index (χ4v) is 3.03. The van der Waals surface area contributed by atoms with Crippen LogP contribution >= 0.6 is 23.4 Å². The van der Waals surface area contributed by atoms with Gasteiger partial charge in [0.2, 0.25) is 11.1 Å². The van der Waals surface area contributed by atoms with Crippen LogP contribution in [0, 0.1) is 6.92 Å². The number of halogens is 1. The lowest BCUT2D eigenvalue weighted by Gasteiger charge is -2.08. The van der Waals surface area contributed by atoms with Gasteiger partial charge in [0, 0.05) is 28.7 Å². The van der Waals surface area contributed by atoms with Gasteiger partial charge in [-0.3, -0.25) is 9.78 Å². The Morgan fingerprint density at radius 2 is 2.20 bits per heavy atom. The lowest BCUT2D eigenvalue weighted by Crippen LogP contribution is -2.17. The molecule has 0 aliphatic heterocycles. The standard InChI is InChI=1S/C16H15ClN6OS/c1-10-7-12(17)4-5-13(10)20-14(24)9-25-16-22-21-15(23(16)18)11-3-2-6-19-8-11/h2-8H,9,18H2,1H3,(H,20,24). The monoisotopic (exact) mass is 374 g/mol. The number of aryl methyl sites for hydroxylation is 1. The van der Waals surface area contributed by atoms with Gasteiger partial charge in [-0.15, -0.1) is 10.2 Å². The number of hydrogen-bond acceptors (Lipinski definition) is 6. The van der Waals surface area contributed by atoms with E-state index in [2.05, 4.69) is 20.5 Å². The molecule has 0 bridgehead atoms. The van der Waals surface area contributed by atoms with Gasteiger partial charge in [-0.1, -0.05) is 23.4 Å². The van der Waals surface area contributed by atoms with Crippen molar-refractivity contribution in [2.75, 3.05) is 16.9 Å². The fourth-order valence-electron chi connectivity index (χ4n) is 2.15. The second-order valence-corrected chi connectivity index (χ2v) is 6.59. The maximum absolute atomic E-state index is 12.1. The molecule has 3 N–H and O–H groups in total. The summed E-state index contributed by atoms with van der Waals surface area (Å²) in [6, 6.07) is 8.92. The van der Waals surface area contributed by atoms with Crippen molar-refractivity contribution < 1.29 is 4.79 Å². The lowest BCUT2D eigenvalue weighted by molar-refractivity contribution is -0.113. The highest BCUT2D eigenvalue weighted by atomic mass is 35.5. The number of benzene rings is 1. The molecule has 128 valence electrons. The Kier molecular flexibility index (Phi) is 5.20. The van der Waals surface area contributed by atoms with Crippen molar-refractivity contribution in [2.24, 2.45) is 0 Å². The van der Waals surface area contributed by atoms with E-state index in [4.69, 9.17) is 17.4 Å². The average Bonchev–Trinajstić information content (AvgIpc) is 2.97. The minimum atomic E-state index is -0.165. The van der Waals surface area contributed by atoms with Crippen LogP contribution in [0.15, 0.2) is 47.9 Å². The molecular weight excluding hydrogens is 360 g/mol. The number of rotatable bonds is 5. The highest BCUT2D eigenvalue weighted by Gasteiger charge is 2.14. The molecule has 0 fully saturated rings. The molecule has 1 aromatic carbocycles. The third-order valence-corrected chi connectivity index (χ3v) is 4.56. The molecule has 0 unspecified atom stereocenters. The van der Waals surface area contributed by atoms with Gasteiger partial charge < -0.3 is 11.2 Å². The summed E-state index contributed by atoms with van der Waals surface area (Å²) >= 11 is 7.12. The first-order valence-corrected chi connectivity index (χ1v) is 8.70. The van der Waals surface area contributed by atoms with E-state index in [9.17, 15) is 4.79 Å². The number of aromatic nitrogens is 4. The number of carbonyl (C=O) groups is 1. The second kappa shape index (κ2) is 7.54. The van der Waals surface area contributed by atoms with Crippen molar-refractivity contribution >= 4 is 35.0 Å². The first-order valence-electron chi connectivity index (χ1n) is 7.34. The Morgan fingerprint density at radius 1 is 1.36 bits per heavy atom. The van der Waals surface area contributed by atoms with Gasteiger partial charge in [-0.05, 0) is 42.8 Å². The Hall–Kier alpha value is -2.58. The summed E-state index contributed by atoms with van der Waals surface area (Å²) in [5.41, 5.74) is 2.37. The summed E-state index contributed by atoms with van der Waals surface area (Å²) in [6.45, 7) is 1.88. The van der Waals surface area contributed by atoms with Crippen LogP contribution in [0.4, 0.5) is 5.69 Å². The fraction of sp³-hybridized carbons (Fsp3) is 0.125. The minimum absolute atomic E-state index is 0.157. The van der Waals surface area contributed by atoms with Crippen LogP contribution in [0.2, 0.25) is 5.02 Å². The third kappa shape index (κ3) is 4.09. The van der Waals surface area contributed by atoms with Crippen molar-refractivity contribution in [1.82, 2.24) is 19.9 Å². The maximum atomic E-state index is 12.1. The SMILES string of the molecule is Cc1cc(Cl)ccc1NC(=O)CSc1nnc(-c2cccnc2)n1N. The number of hydrogen-bond donors (Lipinski definition) is 2. The number of nitrogens with zero attached hydrogens (tertiary/aromatic N) is 4. The van der Waals surface area contributed by atoms with Crippen LogP contribution in [0.25, 0.3) is 11.4 Å². The number of amides is 1. The summed E-state index contributed by atoms with van der Waals surface area (Å²) in [5.74, 6) is 6.49. The van der Waals surface area contributed by atoms with Crippen LogP contribution in [-0.4, -0.2) is 31.5 Å². The zero-order valence-electron chi connectivity index (χ0n) is 13.3. The zero-order valence-corrected chi connectivity index (χ0v) is 14.9. The summed E-state index contributed by atoms with van der Waals surface area (Å²) in [4.78, 5) is 16.2. The first kappa shape index (κ1) is 17.2. The summed E-state index contributed by atoms with van der Waals surface area (Å²) in [6.07, 6.45) is 3.32. The Labute approximate surface area is 153 Å². The predicted molar refractivity (Wildman–Crippen MR) is 98.9 cm³/mol. The molecule has 9 heteroatoms. The molecule has 2 aromatic heterocycles. The van der Waals surface area contributed by atoms with Crippen molar-refractivity contribution in [3.63, 3.8) is 0 Å². The van der Waals surface area contributed by atoms with Crippen LogP contribution in [-0.2, 0) is 4.79 Å². The van der Waals surface area contributed by atoms with Gasteiger partial charge in [-0.2, -0.15) is 0 Å². The molecule has 0 saturated heterocycles. The highest BCUT2D eigenvalue weighted by Crippen LogP contribution is 2.22.